The topological polar surface area (TPSA) is 59.0 Å². The lowest BCUT2D eigenvalue weighted by atomic mass is 9.79. The lowest BCUT2D eigenvalue weighted by Gasteiger charge is -2.46. The molecule has 5 nitrogen and oxygen atoms in total. The van der Waals surface area contributed by atoms with E-state index in [9.17, 15) is 18.0 Å². The second-order valence-electron chi connectivity index (χ2n) is 8.76. The fraction of sp³-hybridized carbons (Fsp3) is 0.778. The number of rotatable bonds is 4. The summed E-state index contributed by atoms with van der Waals surface area (Å²) in [5.74, 6) is -0.636. The molecule has 0 aliphatic carbocycles. The monoisotopic (exact) mass is 374 g/mol. The number of hydrogen-bond donors (Lipinski definition) is 2. The van der Waals surface area contributed by atoms with Crippen LogP contribution in [-0.4, -0.2) is 32.8 Å². The lowest BCUT2D eigenvalue weighted by molar-refractivity contribution is -0.141. The normalized spacial score (nSPS) is 21.4. The number of halogens is 3. The molecule has 2 heterocycles. The highest BCUT2D eigenvalue weighted by Gasteiger charge is 2.39. The molecular weight excluding hydrogens is 345 g/mol. The summed E-state index contributed by atoms with van der Waals surface area (Å²) in [6.07, 6.45) is -2.88. The van der Waals surface area contributed by atoms with E-state index >= 15 is 0 Å². The number of alkyl halides is 3. The molecule has 0 spiro atoms. The minimum absolute atomic E-state index is 0.0284. The molecule has 1 amide bonds. The van der Waals surface area contributed by atoms with E-state index in [0.29, 0.717) is 5.69 Å². The number of aryl methyl sites for hydroxylation is 1. The van der Waals surface area contributed by atoms with Gasteiger partial charge in [-0.15, -0.1) is 0 Å². The summed E-state index contributed by atoms with van der Waals surface area (Å²) in [7, 11) is 0. The molecule has 1 saturated heterocycles. The zero-order chi connectivity index (χ0) is 19.9. The van der Waals surface area contributed by atoms with Gasteiger partial charge in [0.25, 0.3) is 0 Å². The van der Waals surface area contributed by atoms with Crippen LogP contribution >= 0.6 is 0 Å². The van der Waals surface area contributed by atoms with E-state index in [1.54, 1.807) is 13.8 Å². The Kier molecular flexibility index (Phi) is 5.48. The van der Waals surface area contributed by atoms with Crippen molar-refractivity contribution < 1.29 is 18.0 Å². The predicted molar refractivity (Wildman–Crippen MR) is 93.6 cm³/mol. The SMILES string of the molecule is Cc1cc(C(F)(F)F)nn1C[C@H](C)C(=O)NC1CC(C)(C)NC(C)(C)C1. The van der Waals surface area contributed by atoms with E-state index in [2.05, 4.69) is 43.4 Å². The molecule has 1 aliphatic rings. The van der Waals surface area contributed by atoms with Gasteiger partial charge in [0.2, 0.25) is 5.91 Å². The summed E-state index contributed by atoms with van der Waals surface area (Å²) in [5.41, 5.74) is -0.725. The Balaban J connectivity index is 2.01. The second-order valence-corrected chi connectivity index (χ2v) is 8.76. The first kappa shape index (κ1) is 20.7. The van der Waals surface area contributed by atoms with Crippen LogP contribution in [0.4, 0.5) is 13.2 Å². The van der Waals surface area contributed by atoms with E-state index < -0.39 is 17.8 Å². The number of nitrogens with zero attached hydrogens (tertiary/aromatic N) is 2. The smallest absolute Gasteiger partial charge is 0.353 e. The summed E-state index contributed by atoms with van der Waals surface area (Å²) in [6, 6.07) is 1.03. The van der Waals surface area contributed by atoms with Crippen LogP contribution in [0.5, 0.6) is 0 Å². The summed E-state index contributed by atoms with van der Waals surface area (Å²) in [6.45, 7) is 11.8. The number of amides is 1. The molecule has 2 N–H and O–H groups in total. The summed E-state index contributed by atoms with van der Waals surface area (Å²) in [5, 5.41) is 10.2. The molecule has 26 heavy (non-hydrogen) atoms. The number of carbonyl (C=O) groups is 1. The standard InChI is InChI=1S/C18H29F3N4O/c1-11(10-25-12(2)7-14(23-25)18(19,20)21)15(26)22-13-8-16(3,4)24-17(5,6)9-13/h7,11,13,24H,8-10H2,1-6H3,(H,22,26)/t11-/m0/s1. The Labute approximate surface area is 152 Å². The van der Waals surface area contributed by atoms with Gasteiger partial charge in [-0.25, -0.2) is 0 Å². The number of nitrogens with one attached hydrogen (secondary N) is 2. The van der Waals surface area contributed by atoms with Crippen molar-refractivity contribution in [3.63, 3.8) is 0 Å². The van der Waals surface area contributed by atoms with Crippen LogP contribution in [0.1, 0.15) is 58.8 Å². The average molecular weight is 374 g/mol. The highest BCUT2D eigenvalue weighted by atomic mass is 19.4. The molecule has 8 heteroatoms. The quantitative estimate of drug-likeness (QED) is 0.850. The van der Waals surface area contributed by atoms with Crippen LogP contribution in [0.2, 0.25) is 0 Å². The van der Waals surface area contributed by atoms with Gasteiger partial charge in [0.1, 0.15) is 0 Å². The van der Waals surface area contributed by atoms with E-state index in [1.807, 2.05) is 0 Å². The maximum atomic E-state index is 12.8. The second kappa shape index (κ2) is 6.87. The molecule has 0 unspecified atom stereocenters. The zero-order valence-corrected chi connectivity index (χ0v) is 16.3. The van der Waals surface area contributed by atoms with Crippen LogP contribution in [0.15, 0.2) is 6.07 Å². The Morgan fingerprint density at radius 1 is 1.35 bits per heavy atom. The minimum Gasteiger partial charge on any atom is -0.353 e. The molecule has 1 fully saturated rings. The van der Waals surface area contributed by atoms with Crippen molar-refractivity contribution in [1.82, 2.24) is 20.4 Å². The van der Waals surface area contributed by atoms with E-state index in [4.69, 9.17) is 0 Å². The van der Waals surface area contributed by atoms with Crippen molar-refractivity contribution >= 4 is 5.91 Å². The average Bonchev–Trinajstić information content (AvgIpc) is 2.76. The van der Waals surface area contributed by atoms with Gasteiger partial charge >= 0.3 is 6.18 Å². The molecule has 0 radical (unpaired) electrons. The molecule has 148 valence electrons. The lowest BCUT2D eigenvalue weighted by Crippen LogP contribution is -2.62. The van der Waals surface area contributed by atoms with Crippen LogP contribution < -0.4 is 10.6 Å². The molecule has 0 saturated carbocycles. The summed E-state index contributed by atoms with van der Waals surface area (Å²) >= 11 is 0. The largest absolute Gasteiger partial charge is 0.435 e. The fourth-order valence-corrected chi connectivity index (χ4v) is 3.94. The van der Waals surface area contributed by atoms with Gasteiger partial charge in [0.05, 0.1) is 12.5 Å². The van der Waals surface area contributed by atoms with Gasteiger partial charge < -0.3 is 10.6 Å². The first-order valence-electron chi connectivity index (χ1n) is 8.90. The minimum atomic E-state index is -4.48. The highest BCUT2D eigenvalue weighted by molar-refractivity contribution is 5.78. The molecule has 1 aromatic rings. The molecule has 2 rings (SSSR count). The Bertz CT molecular complexity index is 648. The van der Waals surface area contributed by atoms with Crippen LogP contribution in [0.25, 0.3) is 0 Å². The van der Waals surface area contributed by atoms with E-state index in [1.165, 1.54) is 4.68 Å². The van der Waals surface area contributed by atoms with Crippen molar-refractivity contribution in [1.29, 1.82) is 0 Å². The third-order valence-corrected chi connectivity index (χ3v) is 4.70. The first-order chi connectivity index (χ1) is 11.7. The van der Waals surface area contributed by atoms with Crippen molar-refractivity contribution in [3.05, 3.63) is 17.5 Å². The van der Waals surface area contributed by atoms with Crippen molar-refractivity contribution in [2.45, 2.75) is 84.2 Å². The van der Waals surface area contributed by atoms with Crippen molar-refractivity contribution in [2.24, 2.45) is 5.92 Å². The third kappa shape index (κ3) is 5.22. The molecular formula is C18H29F3N4O. The van der Waals surface area contributed by atoms with Gasteiger partial charge in [-0.2, -0.15) is 18.3 Å². The van der Waals surface area contributed by atoms with E-state index in [0.717, 1.165) is 18.9 Å². The van der Waals surface area contributed by atoms with Crippen LogP contribution in [-0.2, 0) is 17.5 Å². The maximum absolute atomic E-state index is 12.8. The summed E-state index contributed by atoms with van der Waals surface area (Å²) < 4.78 is 39.6. The Hall–Kier alpha value is -1.57. The molecule has 1 aromatic heterocycles. The number of hydrogen-bond acceptors (Lipinski definition) is 3. The van der Waals surface area contributed by atoms with E-state index in [-0.39, 0.29) is 29.6 Å². The summed E-state index contributed by atoms with van der Waals surface area (Å²) in [4.78, 5) is 12.6. The van der Waals surface area contributed by atoms with Crippen LogP contribution in [0.3, 0.4) is 0 Å². The number of aromatic nitrogens is 2. The molecule has 1 atom stereocenters. The highest BCUT2D eigenvalue weighted by Crippen LogP contribution is 2.30. The van der Waals surface area contributed by atoms with Gasteiger partial charge in [0.15, 0.2) is 5.69 Å². The predicted octanol–water partition coefficient (Wildman–Crippen LogP) is 3.27. The third-order valence-electron chi connectivity index (χ3n) is 4.70. The molecule has 0 bridgehead atoms. The maximum Gasteiger partial charge on any atom is 0.435 e. The Morgan fingerprint density at radius 2 is 1.88 bits per heavy atom. The van der Waals surface area contributed by atoms with Crippen LogP contribution in [0, 0.1) is 12.8 Å². The fourth-order valence-electron chi connectivity index (χ4n) is 3.94. The van der Waals surface area contributed by atoms with Crippen molar-refractivity contribution in [2.75, 3.05) is 0 Å². The number of carbonyl (C=O) groups excluding carboxylic acids is 1. The molecule has 0 aromatic carbocycles. The Morgan fingerprint density at radius 3 is 2.35 bits per heavy atom. The first-order valence-corrected chi connectivity index (χ1v) is 8.90. The van der Waals surface area contributed by atoms with Gasteiger partial charge in [-0.3, -0.25) is 9.48 Å². The zero-order valence-electron chi connectivity index (χ0n) is 16.3. The number of piperidine rings is 1. The van der Waals surface area contributed by atoms with Gasteiger partial charge in [-0.05, 0) is 53.5 Å². The molecule has 1 aliphatic heterocycles. The van der Waals surface area contributed by atoms with Gasteiger partial charge in [0, 0.05) is 22.8 Å². The van der Waals surface area contributed by atoms with Gasteiger partial charge in [-0.1, -0.05) is 6.92 Å². The van der Waals surface area contributed by atoms with Crippen molar-refractivity contribution in [3.8, 4) is 0 Å².